The fraction of sp³-hybridized carbons (Fsp3) is 0.471. The van der Waals surface area contributed by atoms with Crippen molar-refractivity contribution < 1.29 is 0 Å². The van der Waals surface area contributed by atoms with Gasteiger partial charge in [0.05, 0.1) is 6.07 Å². The zero-order chi connectivity index (χ0) is 15.4. The molecule has 0 radical (unpaired) electrons. The average molecular weight is 312 g/mol. The monoisotopic (exact) mass is 312 g/mol. The number of rotatable bonds is 4. The highest BCUT2D eigenvalue weighted by Crippen LogP contribution is 2.27. The standard InChI is InChI=1S/C17H20N4S/c1-13-6-8-14(9-7-13)11-15(12-18)22-17-20-19-16-5-3-2-4-10-21(16)17/h6-9,15H,2-5,10-11H2,1H3/t15-/m1/s1. The number of hydrogen-bond acceptors (Lipinski definition) is 4. The van der Waals surface area contributed by atoms with Crippen molar-refractivity contribution in [3.8, 4) is 6.07 Å². The van der Waals surface area contributed by atoms with Gasteiger partial charge in [-0.25, -0.2) is 0 Å². The molecule has 0 N–H and O–H groups in total. The molecule has 3 rings (SSSR count). The Bertz CT molecular complexity index is 669. The fourth-order valence-electron chi connectivity index (χ4n) is 2.72. The third-order valence-electron chi connectivity index (χ3n) is 4.01. The molecule has 4 nitrogen and oxygen atoms in total. The predicted octanol–water partition coefficient (Wildman–Crippen LogP) is 3.54. The van der Waals surface area contributed by atoms with Crippen molar-refractivity contribution >= 4 is 11.8 Å². The lowest BCUT2D eigenvalue weighted by Crippen LogP contribution is -2.08. The van der Waals surface area contributed by atoms with Crippen molar-refractivity contribution in [2.24, 2.45) is 0 Å². The molecule has 0 aliphatic carbocycles. The van der Waals surface area contributed by atoms with Crippen LogP contribution < -0.4 is 0 Å². The maximum atomic E-state index is 9.47. The molecule has 0 amide bonds. The van der Waals surface area contributed by atoms with E-state index in [4.69, 9.17) is 0 Å². The number of hydrogen-bond donors (Lipinski definition) is 0. The lowest BCUT2D eigenvalue weighted by Gasteiger charge is -2.10. The van der Waals surface area contributed by atoms with Crippen LogP contribution in [0.1, 0.15) is 36.2 Å². The Morgan fingerprint density at radius 1 is 1.23 bits per heavy atom. The molecule has 5 heteroatoms. The highest BCUT2D eigenvalue weighted by molar-refractivity contribution is 8.00. The Balaban J connectivity index is 1.72. The van der Waals surface area contributed by atoms with Gasteiger partial charge in [0.25, 0.3) is 0 Å². The zero-order valence-electron chi connectivity index (χ0n) is 12.8. The van der Waals surface area contributed by atoms with E-state index in [1.807, 2.05) is 0 Å². The molecule has 1 aliphatic heterocycles. The molecule has 0 fully saturated rings. The van der Waals surface area contributed by atoms with Gasteiger partial charge >= 0.3 is 0 Å². The maximum absolute atomic E-state index is 9.47. The van der Waals surface area contributed by atoms with E-state index in [9.17, 15) is 5.26 Å². The molecular formula is C17H20N4S. The first-order valence-corrected chi connectivity index (χ1v) is 8.68. The van der Waals surface area contributed by atoms with Crippen LogP contribution in [0.25, 0.3) is 0 Å². The Morgan fingerprint density at radius 2 is 2.05 bits per heavy atom. The van der Waals surface area contributed by atoms with Gasteiger partial charge < -0.3 is 4.57 Å². The van der Waals surface area contributed by atoms with Crippen molar-refractivity contribution in [3.63, 3.8) is 0 Å². The second-order valence-corrected chi connectivity index (χ2v) is 6.96. The Kier molecular flexibility index (Phi) is 4.79. The second kappa shape index (κ2) is 6.97. The highest BCUT2D eigenvalue weighted by Gasteiger charge is 2.19. The summed E-state index contributed by atoms with van der Waals surface area (Å²) in [5.74, 6) is 1.08. The molecule has 114 valence electrons. The summed E-state index contributed by atoms with van der Waals surface area (Å²) in [5, 5.41) is 18.9. The highest BCUT2D eigenvalue weighted by atomic mass is 32.2. The molecule has 1 aromatic carbocycles. The Hall–Kier alpha value is -1.80. The van der Waals surface area contributed by atoms with Gasteiger partial charge in [-0.15, -0.1) is 10.2 Å². The van der Waals surface area contributed by atoms with Crippen LogP contribution in [-0.4, -0.2) is 20.0 Å². The van der Waals surface area contributed by atoms with E-state index in [2.05, 4.69) is 52.0 Å². The van der Waals surface area contributed by atoms with Crippen molar-refractivity contribution in [1.82, 2.24) is 14.8 Å². The minimum atomic E-state index is -0.126. The number of nitrogens with zero attached hydrogens (tertiary/aromatic N) is 4. The van der Waals surface area contributed by atoms with Crippen LogP contribution in [0.15, 0.2) is 29.4 Å². The first kappa shape index (κ1) is 15.1. The first-order valence-electron chi connectivity index (χ1n) is 7.80. The first-order chi connectivity index (χ1) is 10.8. The lowest BCUT2D eigenvalue weighted by molar-refractivity contribution is 0.590. The third kappa shape index (κ3) is 3.50. The van der Waals surface area contributed by atoms with Crippen molar-refractivity contribution in [2.75, 3.05) is 0 Å². The van der Waals surface area contributed by atoms with Gasteiger partial charge in [0.2, 0.25) is 0 Å². The Labute approximate surface area is 135 Å². The summed E-state index contributed by atoms with van der Waals surface area (Å²) >= 11 is 1.55. The molecule has 2 heterocycles. The van der Waals surface area contributed by atoms with Gasteiger partial charge in [0.1, 0.15) is 11.1 Å². The number of aryl methyl sites for hydroxylation is 2. The van der Waals surface area contributed by atoms with Crippen LogP contribution in [0, 0.1) is 18.3 Å². The molecule has 1 aromatic heterocycles. The Morgan fingerprint density at radius 3 is 2.82 bits per heavy atom. The van der Waals surface area contributed by atoms with Gasteiger partial charge in [-0.05, 0) is 31.7 Å². The van der Waals surface area contributed by atoms with Crippen LogP contribution in [0.3, 0.4) is 0 Å². The molecule has 2 aromatic rings. The van der Waals surface area contributed by atoms with Gasteiger partial charge in [0.15, 0.2) is 5.16 Å². The summed E-state index contributed by atoms with van der Waals surface area (Å²) in [5.41, 5.74) is 2.44. The predicted molar refractivity (Wildman–Crippen MR) is 87.7 cm³/mol. The van der Waals surface area contributed by atoms with Crippen LogP contribution in [0.2, 0.25) is 0 Å². The zero-order valence-corrected chi connectivity index (χ0v) is 13.6. The molecule has 22 heavy (non-hydrogen) atoms. The quantitative estimate of drug-likeness (QED) is 0.810. The third-order valence-corrected chi connectivity index (χ3v) is 5.08. The largest absolute Gasteiger partial charge is 0.306 e. The molecule has 1 aliphatic rings. The molecule has 0 saturated heterocycles. The van der Waals surface area contributed by atoms with Gasteiger partial charge in [-0.2, -0.15) is 5.26 Å². The van der Waals surface area contributed by atoms with Crippen molar-refractivity contribution in [1.29, 1.82) is 5.26 Å². The summed E-state index contributed by atoms with van der Waals surface area (Å²) in [6.45, 7) is 3.05. The SMILES string of the molecule is Cc1ccc(C[C@H](C#N)Sc2nnc3n2CCCCC3)cc1. The second-order valence-electron chi connectivity index (χ2n) is 5.79. The molecule has 0 spiro atoms. The summed E-state index contributed by atoms with van der Waals surface area (Å²) in [6.07, 6.45) is 5.35. The molecule has 0 saturated carbocycles. The van der Waals surface area contributed by atoms with E-state index >= 15 is 0 Å². The van der Waals surface area contributed by atoms with E-state index < -0.39 is 0 Å². The minimum Gasteiger partial charge on any atom is -0.306 e. The number of benzene rings is 1. The van der Waals surface area contributed by atoms with E-state index in [0.717, 1.165) is 30.4 Å². The maximum Gasteiger partial charge on any atom is 0.192 e. The van der Waals surface area contributed by atoms with E-state index in [-0.39, 0.29) is 5.25 Å². The normalized spacial score (nSPS) is 15.6. The van der Waals surface area contributed by atoms with Crippen molar-refractivity contribution in [3.05, 3.63) is 41.2 Å². The van der Waals surface area contributed by atoms with Crippen molar-refractivity contribution in [2.45, 2.75) is 56.0 Å². The molecule has 0 bridgehead atoms. The smallest absolute Gasteiger partial charge is 0.192 e. The van der Waals surface area contributed by atoms with Crippen LogP contribution in [0.5, 0.6) is 0 Å². The van der Waals surface area contributed by atoms with E-state index in [1.54, 1.807) is 11.8 Å². The van der Waals surface area contributed by atoms with E-state index in [1.165, 1.54) is 30.4 Å². The molecular weight excluding hydrogens is 292 g/mol. The number of fused-ring (bicyclic) bond motifs is 1. The molecule has 1 atom stereocenters. The summed E-state index contributed by atoms with van der Waals surface area (Å²) in [6, 6.07) is 10.8. The summed E-state index contributed by atoms with van der Waals surface area (Å²) in [4.78, 5) is 0. The minimum absolute atomic E-state index is 0.126. The van der Waals surface area contributed by atoms with E-state index in [0.29, 0.717) is 0 Å². The summed E-state index contributed by atoms with van der Waals surface area (Å²) in [7, 11) is 0. The topological polar surface area (TPSA) is 54.5 Å². The van der Waals surface area contributed by atoms with Gasteiger partial charge in [-0.1, -0.05) is 48.0 Å². The van der Waals surface area contributed by atoms with Gasteiger partial charge in [-0.3, -0.25) is 0 Å². The molecule has 0 unspecified atom stereocenters. The fourth-order valence-corrected chi connectivity index (χ4v) is 3.72. The van der Waals surface area contributed by atoms with Crippen LogP contribution >= 0.6 is 11.8 Å². The van der Waals surface area contributed by atoms with Crippen LogP contribution in [0.4, 0.5) is 0 Å². The van der Waals surface area contributed by atoms with Crippen LogP contribution in [-0.2, 0) is 19.4 Å². The number of thioether (sulfide) groups is 1. The number of aromatic nitrogens is 3. The lowest BCUT2D eigenvalue weighted by atomic mass is 10.1. The number of nitriles is 1. The summed E-state index contributed by atoms with van der Waals surface area (Å²) < 4.78 is 2.21. The average Bonchev–Trinajstić information content (AvgIpc) is 2.76. The van der Waals surface area contributed by atoms with Gasteiger partial charge in [0, 0.05) is 13.0 Å².